The van der Waals surface area contributed by atoms with Crippen LogP contribution in [0.15, 0.2) is 29.1 Å². The first kappa shape index (κ1) is 42.4. The average molecular weight is 745 g/mol. The Kier molecular flexibility index (Phi) is 16.2. The SMILES string of the molecule is C#CCn1c(=O)cc(C)c2ccc(NC(O)CN(CCN(CC(=O)O)CC(=O)O)[C@@H]3CCCC[C@H]3N(CCN(CC(=O)O)CC(=O)O)CC(=O)O)cc21. The Labute approximate surface area is 305 Å². The second kappa shape index (κ2) is 20.3. The lowest BCUT2D eigenvalue weighted by Crippen LogP contribution is -2.58. The number of anilines is 1. The molecule has 0 bridgehead atoms. The van der Waals surface area contributed by atoms with Crippen molar-refractivity contribution in [3.8, 4) is 12.3 Å². The number of aliphatic carboxylic acids is 5. The predicted molar refractivity (Wildman–Crippen MR) is 192 cm³/mol. The highest BCUT2D eigenvalue weighted by Crippen LogP contribution is 2.28. The van der Waals surface area contributed by atoms with E-state index in [4.69, 9.17) is 6.42 Å². The lowest BCUT2D eigenvalue weighted by atomic mass is 9.87. The lowest BCUT2D eigenvalue weighted by Gasteiger charge is -2.46. The summed E-state index contributed by atoms with van der Waals surface area (Å²) >= 11 is 0. The number of aliphatic hydroxyl groups is 1. The van der Waals surface area contributed by atoms with Gasteiger partial charge >= 0.3 is 29.8 Å². The molecule has 0 aliphatic heterocycles. The third kappa shape index (κ3) is 13.5. The molecule has 1 aromatic heterocycles. The molecule has 18 nitrogen and oxygen atoms in total. The Morgan fingerprint density at radius 2 is 1.28 bits per heavy atom. The van der Waals surface area contributed by atoms with Crippen LogP contribution in [-0.2, 0) is 30.5 Å². The highest BCUT2D eigenvalue weighted by atomic mass is 16.4. The van der Waals surface area contributed by atoms with Gasteiger partial charge in [0.15, 0.2) is 0 Å². The minimum Gasteiger partial charge on any atom is -0.480 e. The normalized spacial score (nSPS) is 16.5. The molecule has 0 saturated heterocycles. The number of aliphatic hydroxyl groups excluding tert-OH is 1. The third-order valence-electron chi connectivity index (χ3n) is 9.12. The van der Waals surface area contributed by atoms with Gasteiger partial charge in [-0.3, -0.25) is 52.9 Å². The molecule has 1 heterocycles. The van der Waals surface area contributed by atoms with Gasteiger partial charge in [-0.2, -0.15) is 0 Å². The van der Waals surface area contributed by atoms with E-state index >= 15 is 0 Å². The van der Waals surface area contributed by atoms with Crippen LogP contribution >= 0.6 is 0 Å². The van der Waals surface area contributed by atoms with Crippen molar-refractivity contribution in [3.63, 3.8) is 0 Å². The molecule has 1 unspecified atom stereocenters. The number of nitrogens with one attached hydrogen (secondary N) is 1. The highest BCUT2D eigenvalue weighted by Gasteiger charge is 2.36. The fourth-order valence-electron chi connectivity index (χ4n) is 6.96. The number of pyridine rings is 1. The molecule has 2 aromatic rings. The zero-order valence-corrected chi connectivity index (χ0v) is 29.6. The van der Waals surface area contributed by atoms with E-state index in [1.807, 2.05) is 4.90 Å². The second-order valence-corrected chi connectivity index (χ2v) is 13.1. The lowest BCUT2D eigenvalue weighted by molar-refractivity contribution is -0.144. The molecule has 1 aliphatic carbocycles. The number of carbonyl (C=O) groups is 5. The van der Waals surface area contributed by atoms with Crippen molar-refractivity contribution in [2.24, 2.45) is 0 Å². The summed E-state index contributed by atoms with van der Waals surface area (Å²) in [6.07, 6.45) is 6.76. The number of carboxylic acid groups (broad SMARTS) is 5. The number of hydrogen-bond donors (Lipinski definition) is 7. The first-order valence-corrected chi connectivity index (χ1v) is 17.1. The number of fused-ring (bicyclic) bond motifs is 1. The highest BCUT2D eigenvalue weighted by molar-refractivity contribution is 5.85. The number of nitrogens with zero attached hydrogens (tertiary/aromatic N) is 5. The van der Waals surface area contributed by atoms with Crippen LogP contribution in [0.5, 0.6) is 0 Å². The summed E-state index contributed by atoms with van der Waals surface area (Å²) in [5.74, 6) is -3.63. The molecule has 7 N–H and O–H groups in total. The van der Waals surface area contributed by atoms with Crippen LogP contribution in [0.1, 0.15) is 31.2 Å². The summed E-state index contributed by atoms with van der Waals surface area (Å²) in [7, 11) is 0. The van der Waals surface area contributed by atoms with E-state index in [9.17, 15) is 59.4 Å². The monoisotopic (exact) mass is 744 g/mol. The number of benzene rings is 1. The molecule has 53 heavy (non-hydrogen) atoms. The van der Waals surface area contributed by atoms with Gasteiger partial charge in [0.25, 0.3) is 5.56 Å². The van der Waals surface area contributed by atoms with Gasteiger partial charge in [-0.05, 0) is 37.5 Å². The zero-order chi connectivity index (χ0) is 39.2. The van der Waals surface area contributed by atoms with E-state index in [0.29, 0.717) is 24.0 Å². The van der Waals surface area contributed by atoms with Crippen LogP contribution in [0.4, 0.5) is 5.69 Å². The fraction of sp³-hybridized carbons (Fsp3) is 0.543. The molecule has 18 heteroatoms. The number of rotatable bonds is 23. The standard InChI is InChI=1S/C35H48N6O12/c1-3-10-41-28-16-24(8-9-25(28)23(2)15-30(41)43)36-29(42)17-39(13-11-37(18-31(44)45)19-32(46)47)26-6-4-5-7-27(26)40(22-35(52)53)14-12-38(20-33(48)49)21-34(50)51/h1,8-9,15-16,26-27,29,36,42H,4-7,10-14,17-22H2,2H3,(H,44,45)(H,46,47)(H,48,49)(H,50,51)(H,52,53)/t26-,27-,29?/m1/s1. The number of aryl methyl sites for hydroxylation is 1. The van der Waals surface area contributed by atoms with E-state index < -0.39 is 80.9 Å². The minimum absolute atomic E-state index is 0.0166. The summed E-state index contributed by atoms with van der Waals surface area (Å²) in [6, 6.07) is 5.81. The van der Waals surface area contributed by atoms with Crippen LogP contribution in [0.25, 0.3) is 10.9 Å². The van der Waals surface area contributed by atoms with Gasteiger partial charge in [-0.1, -0.05) is 24.8 Å². The van der Waals surface area contributed by atoms with Crippen molar-refractivity contribution in [1.82, 2.24) is 24.2 Å². The van der Waals surface area contributed by atoms with Crippen molar-refractivity contribution in [2.75, 3.05) is 70.8 Å². The molecule has 1 aromatic carbocycles. The number of aromatic nitrogens is 1. The van der Waals surface area contributed by atoms with Crippen molar-refractivity contribution in [2.45, 2.75) is 57.5 Å². The van der Waals surface area contributed by atoms with Crippen molar-refractivity contribution in [3.05, 3.63) is 40.2 Å². The number of carboxylic acids is 5. The number of hydrogen-bond acceptors (Lipinski definition) is 12. The van der Waals surface area contributed by atoms with Crippen LogP contribution in [0.3, 0.4) is 0 Å². The van der Waals surface area contributed by atoms with Crippen LogP contribution in [-0.4, -0.2) is 168 Å². The summed E-state index contributed by atoms with van der Waals surface area (Å²) in [6.45, 7) is -0.909. The first-order valence-electron chi connectivity index (χ1n) is 17.1. The summed E-state index contributed by atoms with van der Waals surface area (Å²) in [4.78, 5) is 76.6. The van der Waals surface area contributed by atoms with Gasteiger partial charge < -0.3 is 36.0 Å². The molecule has 1 aliphatic rings. The Morgan fingerprint density at radius 3 is 1.77 bits per heavy atom. The molecule has 1 saturated carbocycles. The molecule has 1 fully saturated rings. The first-order chi connectivity index (χ1) is 25.1. The number of terminal acetylenes is 1. The van der Waals surface area contributed by atoms with Gasteiger partial charge in [0.05, 0.1) is 44.8 Å². The Morgan fingerprint density at radius 1 is 0.792 bits per heavy atom. The maximum Gasteiger partial charge on any atom is 0.317 e. The Hall–Kier alpha value is -5.06. The second-order valence-electron chi connectivity index (χ2n) is 13.1. The maximum absolute atomic E-state index is 12.7. The molecule has 3 rings (SSSR count). The quantitative estimate of drug-likeness (QED) is 0.0565. The molecular formula is C35H48N6O12. The minimum atomic E-state index is -1.26. The van der Waals surface area contributed by atoms with Gasteiger partial charge in [-0.15, -0.1) is 6.42 Å². The van der Waals surface area contributed by atoms with Crippen LogP contribution in [0, 0.1) is 19.3 Å². The summed E-state index contributed by atoms with van der Waals surface area (Å²) in [5.41, 5.74) is 1.47. The van der Waals surface area contributed by atoms with E-state index in [1.165, 1.54) is 20.4 Å². The predicted octanol–water partition coefficient (Wildman–Crippen LogP) is -0.384. The van der Waals surface area contributed by atoms with E-state index in [1.54, 1.807) is 30.0 Å². The van der Waals surface area contributed by atoms with Gasteiger partial charge in [0, 0.05) is 61.9 Å². The molecular weight excluding hydrogens is 696 g/mol. The van der Waals surface area contributed by atoms with Crippen molar-refractivity contribution in [1.29, 1.82) is 0 Å². The van der Waals surface area contributed by atoms with E-state index in [0.717, 1.165) is 23.8 Å². The Balaban J connectivity index is 1.96. The Bertz CT molecular complexity index is 1690. The molecule has 0 amide bonds. The van der Waals surface area contributed by atoms with Crippen LogP contribution < -0.4 is 10.9 Å². The summed E-state index contributed by atoms with van der Waals surface area (Å²) in [5, 5.41) is 62.6. The maximum atomic E-state index is 12.7. The van der Waals surface area contributed by atoms with Gasteiger partial charge in [-0.25, -0.2) is 0 Å². The third-order valence-corrected chi connectivity index (χ3v) is 9.12. The molecule has 290 valence electrons. The van der Waals surface area contributed by atoms with Crippen molar-refractivity contribution < 1.29 is 54.6 Å². The topological polar surface area (TPSA) is 254 Å². The zero-order valence-electron chi connectivity index (χ0n) is 29.6. The fourth-order valence-corrected chi connectivity index (χ4v) is 6.96. The van der Waals surface area contributed by atoms with E-state index in [-0.39, 0.29) is 44.8 Å². The molecule has 3 atom stereocenters. The smallest absolute Gasteiger partial charge is 0.317 e. The van der Waals surface area contributed by atoms with Gasteiger partial charge in [0.2, 0.25) is 0 Å². The van der Waals surface area contributed by atoms with Crippen LogP contribution in [0.2, 0.25) is 0 Å². The molecule has 0 spiro atoms. The molecule has 0 radical (unpaired) electrons. The van der Waals surface area contributed by atoms with E-state index in [2.05, 4.69) is 11.2 Å². The van der Waals surface area contributed by atoms with Gasteiger partial charge in [0.1, 0.15) is 6.23 Å². The largest absolute Gasteiger partial charge is 0.480 e. The summed E-state index contributed by atoms with van der Waals surface area (Å²) < 4.78 is 1.43. The average Bonchev–Trinajstić information content (AvgIpc) is 3.05. The van der Waals surface area contributed by atoms with Crippen molar-refractivity contribution >= 4 is 46.4 Å².